The van der Waals surface area contributed by atoms with Crippen molar-refractivity contribution in [3.8, 4) is 0 Å². The Labute approximate surface area is 83.6 Å². The highest BCUT2D eigenvalue weighted by atomic mass is 15.1. The zero-order chi connectivity index (χ0) is 10.1. The summed E-state index contributed by atoms with van der Waals surface area (Å²) >= 11 is 0. The molecule has 2 aromatic rings. The fourth-order valence-corrected chi connectivity index (χ4v) is 1.77. The number of hydrogen-bond donors (Lipinski definition) is 1. The first kappa shape index (κ1) is 9.21. The number of aryl methyl sites for hydroxylation is 2. The largest absolute Gasteiger partial charge is 0.329 e. The van der Waals surface area contributed by atoms with Crippen molar-refractivity contribution in [1.82, 2.24) is 9.55 Å². The van der Waals surface area contributed by atoms with Crippen molar-refractivity contribution in [1.29, 1.82) is 0 Å². The average molecular weight is 189 g/mol. The molecule has 0 spiro atoms. The van der Waals surface area contributed by atoms with E-state index in [1.54, 1.807) is 0 Å². The molecule has 3 heteroatoms. The highest BCUT2D eigenvalue weighted by molar-refractivity contribution is 5.76. The molecule has 2 rings (SSSR count). The second-order valence-electron chi connectivity index (χ2n) is 3.59. The molecule has 0 aliphatic carbocycles. The van der Waals surface area contributed by atoms with Crippen molar-refractivity contribution < 1.29 is 0 Å². The van der Waals surface area contributed by atoms with Crippen LogP contribution in [0.2, 0.25) is 0 Å². The zero-order valence-electron chi connectivity index (χ0n) is 8.62. The van der Waals surface area contributed by atoms with Crippen LogP contribution in [0.3, 0.4) is 0 Å². The van der Waals surface area contributed by atoms with Crippen molar-refractivity contribution >= 4 is 11.0 Å². The summed E-state index contributed by atoms with van der Waals surface area (Å²) in [4.78, 5) is 4.50. The van der Waals surface area contributed by atoms with E-state index < -0.39 is 0 Å². The van der Waals surface area contributed by atoms with E-state index in [1.165, 1.54) is 11.1 Å². The lowest BCUT2D eigenvalue weighted by molar-refractivity contribution is 0.703. The first-order valence-electron chi connectivity index (χ1n) is 4.86. The Kier molecular flexibility index (Phi) is 2.25. The normalized spacial score (nSPS) is 11.1. The zero-order valence-corrected chi connectivity index (χ0v) is 8.62. The Morgan fingerprint density at radius 3 is 2.86 bits per heavy atom. The van der Waals surface area contributed by atoms with E-state index >= 15 is 0 Å². The number of rotatable bonds is 2. The van der Waals surface area contributed by atoms with Gasteiger partial charge in [-0.25, -0.2) is 4.98 Å². The highest BCUT2D eigenvalue weighted by Crippen LogP contribution is 2.16. The summed E-state index contributed by atoms with van der Waals surface area (Å²) < 4.78 is 2.16. The highest BCUT2D eigenvalue weighted by Gasteiger charge is 2.05. The molecule has 0 fully saturated rings. The predicted molar refractivity (Wildman–Crippen MR) is 58.3 cm³/mol. The van der Waals surface area contributed by atoms with Gasteiger partial charge in [0.2, 0.25) is 0 Å². The van der Waals surface area contributed by atoms with Crippen LogP contribution in [0.1, 0.15) is 11.4 Å². The second-order valence-corrected chi connectivity index (χ2v) is 3.59. The summed E-state index contributed by atoms with van der Waals surface area (Å²) in [5, 5.41) is 0. The van der Waals surface area contributed by atoms with Crippen molar-refractivity contribution in [2.24, 2.45) is 5.73 Å². The molecule has 14 heavy (non-hydrogen) atoms. The maximum atomic E-state index is 5.56. The number of nitrogens with zero attached hydrogens (tertiary/aromatic N) is 2. The van der Waals surface area contributed by atoms with Gasteiger partial charge in [0, 0.05) is 13.1 Å². The fourth-order valence-electron chi connectivity index (χ4n) is 1.77. The second kappa shape index (κ2) is 3.42. The maximum Gasteiger partial charge on any atom is 0.106 e. The van der Waals surface area contributed by atoms with Gasteiger partial charge >= 0.3 is 0 Å². The van der Waals surface area contributed by atoms with Crippen LogP contribution in [0.5, 0.6) is 0 Å². The molecule has 0 bridgehead atoms. The minimum absolute atomic E-state index is 0.653. The van der Waals surface area contributed by atoms with Crippen LogP contribution >= 0.6 is 0 Å². The SMILES string of the molecule is Cc1ccc2c(c1)nc(C)n2CCN. The molecule has 3 nitrogen and oxygen atoms in total. The third kappa shape index (κ3) is 1.40. The smallest absolute Gasteiger partial charge is 0.106 e. The third-order valence-corrected chi connectivity index (χ3v) is 2.45. The average Bonchev–Trinajstić information content (AvgIpc) is 2.43. The van der Waals surface area contributed by atoms with Crippen LogP contribution in [0.25, 0.3) is 11.0 Å². The Morgan fingerprint density at radius 2 is 2.14 bits per heavy atom. The standard InChI is InChI=1S/C11H15N3/c1-8-3-4-11-10(7-8)13-9(2)14(11)6-5-12/h3-4,7H,5-6,12H2,1-2H3. The molecule has 74 valence electrons. The van der Waals surface area contributed by atoms with Gasteiger partial charge in [0.25, 0.3) is 0 Å². The molecular weight excluding hydrogens is 174 g/mol. The maximum absolute atomic E-state index is 5.56. The van der Waals surface area contributed by atoms with Crippen molar-refractivity contribution in [3.63, 3.8) is 0 Å². The van der Waals surface area contributed by atoms with Gasteiger partial charge in [0.15, 0.2) is 0 Å². The van der Waals surface area contributed by atoms with Crippen LogP contribution in [-0.4, -0.2) is 16.1 Å². The monoisotopic (exact) mass is 189 g/mol. The molecule has 0 aliphatic heterocycles. The molecule has 0 aliphatic rings. The lowest BCUT2D eigenvalue weighted by Gasteiger charge is -2.03. The topological polar surface area (TPSA) is 43.8 Å². The van der Waals surface area contributed by atoms with Crippen molar-refractivity contribution in [3.05, 3.63) is 29.6 Å². The minimum atomic E-state index is 0.653. The van der Waals surface area contributed by atoms with Gasteiger partial charge in [-0.1, -0.05) is 6.07 Å². The molecular formula is C11H15N3. The van der Waals surface area contributed by atoms with E-state index in [1.807, 2.05) is 6.92 Å². The third-order valence-electron chi connectivity index (χ3n) is 2.45. The lowest BCUT2D eigenvalue weighted by Crippen LogP contribution is -2.10. The van der Waals surface area contributed by atoms with Crippen LogP contribution in [-0.2, 0) is 6.54 Å². The number of hydrogen-bond acceptors (Lipinski definition) is 2. The molecule has 0 saturated carbocycles. The molecule has 1 heterocycles. The number of imidazole rings is 1. The van der Waals surface area contributed by atoms with Gasteiger partial charge < -0.3 is 10.3 Å². The molecule has 1 aromatic heterocycles. The van der Waals surface area contributed by atoms with Gasteiger partial charge in [0.05, 0.1) is 11.0 Å². The summed E-state index contributed by atoms with van der Waals surface area (Å²) in [6.07, 6.45) is 0. The molecule has 0 saturated heterocycles. The van der Waals surface area contributed by atoms with Crippen molar-refractivity contribution in [2.75, 3.05) is 6.54 Å². The van der Waals surface area contributed by atoms with Gasteiger partial charge in [-0.05, 0) is 31.5 Å². The Balaban J connectivity index is 2.64. The van der Waals surface area contributed by atoms with Crippen LogP contribution < -0.4 is 5.73 Å². The van der Waals surface area contributed by atoms with Crippen LogP contribution in [0.4, 0.5) is 0 Å². The molecule has 0 atom stereocenters. The summed E-state index contributed by atoms with van der Waals surface area (Å²) in [6, 6.07) is 6.33. The van der Waals surface area contributed by atoms with Gasteiger partial charge in [-0.3, -0.25) is 0 Å². The van der Waals surface area contributed by atoms with Crippen LogP contribution in [0, 0.1) is 13.8 Å². The Hall–Kier alpha value is -1.35. The van der Waals surface area contributed by atoms with Gasteiger partial charge in [0.1, 0.15) is 5.82 Å². The number of aromatic nitrogens is 2. The molecule has 1 aromatic carbocycles. The van der Waals surface area contributed by atoms with E-state index in [2.05, 4.69) is 34.7 Å². The minimum Gasteiger partial charge on any atom is -0.329 e. The fraction of sp³-hybridized carbons (Fsp3) is 0.364. The Morgan fingerprint density at radius 1 is 1.36 bits per heavy atom. The van der Waals surface area contributed by atoms with Gasteiger partial charge in [-0.15, -0.1) is 0 Å². The van der Waals surface area contributed by atoms with Gasteiger partial charge in [-0.2, -0.15) is 0 Å². The summed E-state index contributed by atoms with van der Waals surface area (Å²) in [6.45, 7) is 5.59. The summed E-state index contributed by atoms with van der Waals surface area (Å²) in [5.74, 6) is 1.04. The molecule has 0 radical (unpaired) electrons. The van der Waals surface area contributed by atoms with E-state index in [-0.39, 0.29) is 0 Å². The lowest BCUT2D eigenvalue weighted by atomic mass is 10.2. The number of benzene rings is 1. The van der Waals surface area contributed by atoms with Crippen molar-refractivity contribution in [2.45, 2.75) is 20.4 Å². The molecule has 0 unspecified atom stereocenters. The van der Waals surface area contributed by atoms with Crippen LogP contribution in [0.15, 0.2) is 18.2 Å². The molecule has 2 N–H and O–H groups in total. The Bertz CT molecular complexity index is 457. The quantitative estimate of drug-likeness (QED) is 0.780. The number of fused-ring (bicyclic) bond motifs is 1. The van der Waals surface area contributed by atoms with E-state index in [9.17, 15) is 0 Å². The van der Waals surface area contributed by atoms with E-state index in [0.29, 0.717) is 6.54 Å². The number of nitrogens with two attached hydrogens (primary N) is 1. The summed E-state index contributed by atoms with van der Waals surface area (Å²) in [5.41, 5.74) is 9.05. The first-order valence-corrected chi connectivity index (χ1v) is 4.86. The summed E-state index contributed by atoms with van der Waals surface area (Å²) in [7, 11) is 0. The first-order chi connectivity index (χ1) is 6.72. The van der Waals surface area contributed by atoms with E-state index in [0.717, 1.165) is 17.9 Å². The molecule has 0 amide bonds. The predicted octanol–water partition coefficient (Wildman–Crippen LogP) is 1.61. The van der Waals surface area contributed by atoms with E-state index in [4.69, 9.17) is 5.73 Å².